The van der Waals surface area contributed by atoms with Gasteiger partial charge in [0, 0.05) is 11.3 Å². The fraction of sp³-hybridized carbons (Fsp3) is 0.250. The molecule has 1 aromatic heterocycles. The molecule has 26 heavy (non-hydrogen) atoms. The van der Waals surface area contributed by atoms with Gasteiger partial charge in [-0.25, -0.2) is 8.42 Å². The van der Waals surface area contributed by atoms with Gasteiger partial charge in [0.1, 0.15) is 18.3 Å². The normalized spacial score (nSPS) is 12.7. The van der Waals surface area contributed by atoms with Crippen molar-refractivity contribution in [1.82, 2.24) is 4.31 Å². The van der Waals surface area contributed by atoms with Gasteiger partial charge >= 0.3 is 11.9 Å². The maximum atomic E-state index is 12.9. The van der Waals surface area contributed by atoms with E-state index in [2.05, 4.69) is 0 Å². The van der Waals surface area contributed by atoms with Crippen LogP contribution in [0.2, 0.25) is 0 Å². The first-order chi connectivity index (χ1) is 12.3. The first-order valence-electron chi connectivity index (χ1n) is 7.38. The van der Waals surface area contributed by atoms with Crippen LogP contribution in [0.15, 0.2) is 46.7 Å². The van der Waals surface area contributed by atoms with E-state index in [1.807, 2.05) is 0 Å². The molecule has 1 aromatic carbocycles. The third-order valence-corrected chi connectivity index (χ3v) is 6.33. The van der Waals surface area contributed by atoms with Crippen molar-refractivity contribution < 1.29 is 33.0 Å². The van der Waals surface area contributed by atoms with Crippen LogP contribution in [0.25, 0.3) is 0 Å². The lowest BCUT2D eigenvalue weighted by Crippen LogP contribution is -2.48. The number of benzene rings is 1. The van der Waals surface area contributed by atoms with Crippen LogP contribution in [0.5, 0.6) is 5.75 Å². The summed E-state index contributed by atoms with van der Waals surface area (Å²) in [4.78, 5) is 23.3. The maximum absolute atomic E-state index is 12.9. The van der Waals surface area contributed by atoms with Gasteiger partial charge in [-0.05, 0) is 35.7 Å². The fourth-order valence-electron chi connectivity index (χ4n) is 2.31. The quantitative estimate of drug-likeness (QED) is 0.656. The molecule has 1 unspecified atom stereocenters. The minimum absolute atomic E-state index is 0.129. The van der Waals surface area contributed by atoms with Crippen molar-refractivity contribution in [3.8, 4) is 5.75 Å². The molecule has 1 atom stereocenters. The second kappa shape index (κ2) is 8.30. The number of hydrogen-bond donors (Lipinski definition) is 2. The Kier molecular flexibility index (Phi) is 6.35. The molecule has 8 nitrogen and oxygen atoms in total. The lowest BCUT2D eigenvalue weighted by Gasteiger charge is -2.26. The summed E-state index contributed by atoms with van der Waals surface area (Å²) in [5.74, 6) is -2.45. The van der Waals surface area contributed by atoms with Gasteiger partial charge < -0.3 is 14.9 Å². The van der Waals surface area contributed by atoms with E-state index in [0.29, 0.717) is 14.9 Å². The molecule has 0 amide bonds. The molecule has 0 saturated carbocycles. The molecule has 2 aromatic rings. The van der Waals surface area contributed by atoms with Crippen LogP contribution in [0.1, 0.15) is 4.88 Å². The Hall–Kier alpha value is -2.43. The van der Waals surface area contributed by atoms with Gasteiger partial charge in [-0.1, -0.05) is 6.07 Å². The Morgan fingerprint density at radius 3 is 2.31 bits per heavy atom. The highest BCUT2D eigenvalue weighted by Gasteiger charge is 2.37. The molecule has 10 heteroatoms. The predicted octanol–water partition coefficient (Wildman–Crippen LogP) is 1.53. The van der Waals surface area contributed by atoms with Crippen molar-refractivity contribution >= 4 is 33.3 Å². The first kappa shape index (κ1) is 19.9. The largest absolute Gasteiger partial charge is 0.497 e. The van der Waals surface area contributed by atoms with Crippen molar-refractivity contribution in [1.29, 1.82) is 0 Å². The molecule has 140 valence electrons. The van der Waals surface area contributed by atoms with Crippen LogP contribution in [-0.4, -0.2) is 54.6 Å². The topological polar surface area (TPSA) is 121 Å². The number of ether oxygens (including phenoxy) is 1. The third-order valence-electron chi connectivity index (χ3n) is 3.56. The van der Waals surface area contributed by atoms with E-state index in [0.717, 1.165) is 0 Å². The number of hydrogen-bond acceptors (Lipinski definition) is 6. The Labute approximate surface area is 154 Å². The van der Waals surface area contributed by atoms with Gasteiger partial charge in [-0.15, -0.1) is 11.3 Å². The smallest absolute Gasteiger partial charge is 0.322 e. The van der Waals surface area contributed by atoms with Gasteiger partial charge in [0.25, 0.3) is 0 Å². The molecule has 0 saturated heterocycles. The van der Waals surface area contributed by atoms with Gasteiger partial charge in [0.15, 0.2) is 0 Å². The van der Waals surface area contributed by atoms with Crippen molar-refractivity contribution in [3.63, 3.8) is 0 Å². The Morgan fingerprint density at radius 1 is 1.19 bits per heavy atom. The van der Waals surface area contributed by atoms with E-state index in [1.54, 1.807) is 17.5 Å². The number of carboxylic acid groups (broad SMARTS) is 2. The van der Waals surface area contributed by atoms with E-state index < -0.39 is 34.5 Å². The average molecular weight is 399 g/mol. The minimum atomic E-state index is -4.35. The van der Waals surface area contributed by atoms with E-state index >= 15 is 0 Å². The summed E-state index contributed by atoms with van der Waals surface area (Å²) in [7, 11) is -2.93. The summed E-state index contributed by atoms with van der Waals surface area (Å²) >= 11 is 1.27. The van der Waals surface area contributed by atoms with Crippen LogP contribution in [0.3, 0.4) is 0 Å². The van der Waals surface area contributed by atoms with Crippen molar-refractivity contribution in [3.05, 3.63) is 46.7 Å². The Bertz CT molecular complexity index is 861. The van der Waals surface area contributed by atoms with Gasteiger partial charge in [0.2, 0.25) is 10.0 Å². The van der Waals surface area contributed by atoms with Crippen LogP contribution < -0.4 is 4.74 Å². The monoisotopic (exact) mass is 399 g/mol. The molecule has 0 aliphatic rings. The molecule has 0 radical (unpaired) electrons. The molecule has 2 N–H and O–H groups in total. The number of nitrogens with zero attached hydrogens (tertiary/aromatic N) is 1. The van der Waals surface area contributed by atoms with E-state index in [-0.39, 0.29) is 11.3 Å². The van der Waals surface area contributed by atoms with E-state index in [1.165, 1.54) is 42.7 Å². The van der Waals surface area contributed by atoms with Crippen LogP contribution >= 0.6 is 11.3 Å². The number of sulfonamides is 1. The second-order valence-corrected chi connectivity index (χ2v) is 8.18. The Morgan fingerprint density at radius 2 is 1.85 bits per heavy atom. The number of methoxy groups -OCH3 is 1. The molecular formula is C16H17NO7S2. The summed E-state index contributed by atoms with van der Waals surface area (Å²) in [6.45, 7) is -0.962. The molecule has 1 heterocycles. The molecule has 2 rings (SSSR count). The zero-order valence-corrected chi connectivity index (χ0v) is 15.4. The highest BCUT2D eigenvalue weighted by Crippen LogP contribution is 2.24. The summed E-state index contributed by atoms with van der Waals surface area (Å²) in [5, 5.41) is 20.4. The SMILES string of the molecule is COc1ccc(S(=O)(=O)N(CC(=O)O)C(Cc2cccs2)C(=O)O)cc1. The lowest BCUT2D eigenvalue weighted by atomic mass is 10.2. The number of aliphatic carboxylic acids is 2. The standard InChI is InChI=1S/C16H17NO7S2/c1-24-11-4-6-13(7-5-11)26(22,23)17(10-15(18)19)14(16(20)21)9-12-3-2-8-25-12/h2-8,14H,9-10H2,1H3,(H,18,19)(H,20,21). The third kappa shape index (κ3) is 4.59. The predicted molar refractivity (Wildman–Crippen MR) is 94.0 cm³/mol. The summed E-state index contributed by atoms with van der Waals surface area (Å²) < 4.78 is 31.3. The van der Waals surface area contributed by atoms with Crippen LogP contribution in [-0.2, 0) is 26.0 Å². The molecular weight excluding hydrogens is 382 g/mol. The number of carboxylic acids is 2. The molecule has 0 aliphatic carbocycles. The van der Waals surface area contributed by atoms with Crippen LogP contribution in [0, 0.1) is 0 Å². The fourth-order valence-corrected chi connectivity index (χ4v) is 4.58. The molecule has 0 fully saturated rings. The number of carbonyl (C=O) groups is 2. The maximum Gasteiger partial charge on any atom is 0.322 e. The van der Waals surface area contributed by atoms with Crippen LogP contribution in [0.4, 0.5) is 0 Å². The number of thiophene rings is 1. The van der Waals surface area contributed by atoms with Gasteiger partial charge in [-0.3, -0.25) is 9.59 Å². The summed E-state index contributed by atoms with van der Waals surface area (Å²) in [6.07, 6.45) is -0.129. The number of rotatable bonds is 9. The van der Waals surface area contributed by atoms with Crippen molar-refractivity contribution in [2.75, 3.05) is 13.7 Å². The molecule has 0 aliphatic heterocycles. The zero-order valence-electron chi connectivity index (χ0n) is 13.7. The Balaban J connectivity index is 2.45. The molecule has 0 bridgehead atoms. The van der Waals surface area contributed by atoms with Gasteiger partial charge in [0.05, 0.1) is 12.0 Å². The average Bonchev–Trinajstić information content (AvgIpc) is 3.10. The van der Waals surface area contributed by atoms with E-state index in [4.69, 9.17) is 9.84 Å². The summed E-state index contributed by atoms with van der Waals surface area (Å²) in [6, 6.07) is 7.12. The van der Waals surface area contributed by atoms with Crippen molar-refractivity contribution in [2.45, 2.75) is 17.4 Å². The lowest BCUT2D eigenvalue weighted by molar-refractivity contribution is -0.143. The van der Waals surface area contributed by atoms with Gasteiger partial charge in [-0.2, -0.15) is 4.31 Å². The zero-order chi connectivity index (χ0) is 19.3. The molecule has 0 spiro atoms. The van der Waals surface area contributed by atoms with E-state index in [9.17, 15) is 23.1 Å². The highest BCUT2D eigenvalue weighted by molar-refractivity contribution is 7.89. The first-order valence-corrected chi connectivity index (χ1v) is 9.70. The summed E-state index contributed by atoms with van der Waals surface area (Å²) in [5.41, 5.74) is 0. The van der Waals surface area contributed by atoms with Crippen molar-refractivity contribution in [2.24, 2.45) is 0 Å². The second-order valence-electron chi connectivity index (χ2n) is 5.26. The highest BCUT2D eigenvalue weighted by atomic mass is 32.2. The minimum Gasteiger partial charge on any atom is -0.497 e.